The van der Waals surface area contributed by atoms with Crippen LogP contribution in [0.4, 0.5) is 8.78 Å². The summed E-state index contributed by atoms with van der Waals surface area (Å²) in [5, 5.41) is 0. The van der Waals surface area contributed by atoms with Gasteiger partial charge in [-0.2, -0.15) is 8.78 Å². The molecule has 0 radical (unpaired) electrons. The van der Waals surface area contributed by atoms with Gasteiger partial charge in [0.05, 0.1) is 6.04 Å². The van der Waals surface area contributed by atoms with Gasteiger partial charge in [-0.3, -0.25) is 0 Å². The zero-order chi connectivity index (χ0) is 16.3. The number of ether oxygens (including phenoxy) is 1. The predicted octanol–water partition coefficient (Wildman–Crippen LogP) is 3.54. The highest BCUT2D eigenvalue weighted by Crippen LogP contribution is 2.30. The molecule has 0 fully saturated rings. The number of hydrogen-bond acceptors (Lipinski definition) is 3. The summed E-state index contributed by atoms with van der Waals surface area (Å²) in [6.45, 7) is 6.70. The van der Waals surface area contributed by atoms with Crippen molar-refractivity contribution in [3.8, 4) is 0 Å². The minimum atomic E-state index is -3.03. The summed E-state index contributed by atoms with van der Waals surface area (Å²) in [5.74, 6) is -3.03. The molecular formula is C15H23F2NO2S. The lowest BCUT2D eigenvalue weighted by atomic mass is 10.0. The minimum Gasteiger partial charge on any atom is -0.598 e. The molecule has 0 heterocycles. The Labute approximate surface area is 128 Å². The van der Waals surface area contributed by atoms with Gasteiger partial charge in [0, 0.05) is 24.0 Å². The molecule has 2 atom stereocenters. The van der Waals surface area contributed by atoms with Crippen molar-refractivity contribution in [1.29, 1.82) is 0 Å². The molecule has 6 heteroatoms. The molecule has 0 amide bonds. The normalized spacial score (nSPS) is 15.8. The molecule has 3 nitrogen and oxygen atoms in total. The molecule has 0 spiro atoms. The molecule has 1 N–H and O–H groups in total. The average Bonchev–Trinajstić information content (AvgIpc) is 2.37. The molecule has 0 aliphatic rings. The smallest absolute Gasteiger partial charge is 0.296 e. The fourth-order valence-electron chi connectivity index (χ4n) is 1.71. The van der Waals surface area contributed by atoms with Crippen LogP contribution in [0.5, 0.6) is 0 Å². The van der Waals surface area contributed by atoms with Gasteiger partial charge in [0.15, 0.2) is 0 Å². The Kier molecular flexibility index (Phi) is 6.16. The Morgan fingerprint density at radius 1 is 1.33 bits per heavy atom. The summed E-state index contributed by atoms with van der Waals surface area (Å²) >= 11 is -1.26. The molecule has 0 aliphatic carbocycles. The Morgan fingerprint density at radius 3 is 2.48 bits per heavy atom. The van der Waals surface area contributed by atoms with E-state index in [0.29, 0.717) is 5.56 Å². The SMILES string of the molecule is COCC(F)(F)c1cccc([C@@H](C)N[S@+]([O-])C(C)(C)C)c1. The summed E-state index contributed by atoms with van der Waals surface area (Å²) < 4.78 is 46.8. The number of hydrogen-bond donors (Lipinski definition) is 1. The first kappa shape index (κ1) is 18.4. The number of benzene rings is 1. The van der Waals surface area contributed by atoms with E-state index in [2.05, 4.69) is 9.46 Å². The van der Waals surface area contributed by atoms with Crippen LogP contribution in [0.1, 0.15) is 44.9 Å². The van der Waals surface area contributed by atoms with Crippen LogP contribution in [0.15, 0.2) is 24.3 Å². The van der Waals surface area contributed by atoms with E-state index in [0.717, 1.165) is 0 Å². The maximum atomic E-state index is 13.8. The molecule has 1 aromatic rings. The summed E-state index contributed by atoms with van der Waals surface area (Å²) in [6, 6.07) is 5.83. The number of rotatable bonds is 6. The van der Waals surface area contributed by atoms with Crippen molar-refractivity contribution < 1.29 is 18.1 Å². The van der Waals surface area contributed by atoms with E-state index >= 15 is 0 Å². The van der Waals surface area contributed by atoms with Crippen LogP contribution in [0.3, 0.4) is 0 Å². The molecule has 120 valence electrons. The fraction of sp³-hybridized carbons (Fsp3) is 0.600. The quantitative estimate of drug-likeness (QED) is 0.816. The second-order valence-electron chi connectivity index (χ2n) is 5.98. The monoisotopic (exact) mass is 319 g/mol. The van der Waals surface area contributed by atoms with Crippen LogP contribution in [-0.4, -0.2) is 23.0 Å². The van der Waals surface area contributed by atoms with E-state index in [1.54, 1.807) is 19.1 Å². The van der Waals surface area contributed by atoms with Crippen molar-refractivity contribution in [1.82, 2.24) is 4.72 Å². The predicted molar refractivity (Wildman–Crippen MR) is 81.7 cm³/mol. The maximum absolute atomic E-state index is 13.8. The second-order valence-corrected chi connectivity index (χ2v) is 7.98. The van der Waals surface area contributed by atoms with Crippen molar-refractivity contribution in [3.63, 3.8) is 0 Å². The van der Waals surface area contributed by atoms with Crippen LogP contribution in [0.25, 0.3) is 0 Å². The molecule has 1 aromatic carbocycles. The Morgan fingerprint density at radius 2 is 1.95 bits per heavy atom. The highest BCUT2D eigenvalue weighted by Gasteiger charge is 2.33. The van der Waals surface area contributed by atoms with E-state index in [9.17, 15) is 13.3 Å². The maximum Gasteiger partial charge on any atom is 0.296 e. The van der Waals surface area contributed by atoms with Crippen molar-refractivity contribution in [3.05, 3.63) is 35.4 Å². The molecule has 0 saturated carbocycles. The third-order valence-corrected chi connectivity index (χ3v) is 4.65. The van der Waals surface area contributed by atoms with Gasteiger partial charge >= 0.3 is 0 Å². The zero-order valence-corrected chi connectivity index (χ0v) is 13.9. The summed E-state index contributed by atoms with van der Waals surface area (Å²) in [5.41, 5.74) is 0.568. The van der Waals surface area contributed by atoms with Gasteiger partial charge in [-0.05, 0) is 39.3 Å². The van der Waals surface area contributed by atoms with Crippen molar-refractivity contribution in [2.24, 2.45) is 0 Å². The molecular weight excluding hydrogens is 296 g/mol. The van der Waals surface area contributed by atoms with E-state index in [4.69, 9.17) is 0 Å². The van der Waals surface area contributed by atoms with E-state index in [1.807, 2.05) is 20.8 Å². The number of alkyl halides is 2. The third-order valence-electron chi connectivity index (χ3n) is 2.97. The standard InChI is InChI=1S/C15H23F2NO2S/c1-11(18-21(19)14(2,3)4)12-7-6-8-13(9-12)15(16,17)10-20-5/h6-9,11,18H,10H2,1-5H3/t11-,21-/m1/s1. The van der Waals surface area contributed by atoms with E-state index < -0.39 is 28.6 Å². The molecule has 0 aliphatic heterocycles. The summed E-state index contributed by atoms with van der Waals surface area (Å²) in [7, 11) is 1.24. The summed E-state index contributed by atoms with van der Waals surface area (Å²) in [6.07, 6.45) is 0. The zero-order valence-electron chi connectivity index (χ0n) is 13.1. The van der Waals surface area contributed by atoms with Gasteiger partial charge in [0.25, 0.3) is 5.92 Å². The third kappa shape index (κ3) is 5.21. The van der Waals surface area contributed by atoms with Gasteiger partial charge in [-0.25, -0.2) is 0 Å². The second kappa shape index (κ2) is 7.05. The molecule has 0 unspecified atom stereocenters. The van der Waals surface area contributed by atoms with E-state index in [-0.39, 0.29) is 11.6 Å². The van der Waals surface area contributed by atoms with Crippen LogP contribution in [0.2, 0.25) is 0 Å². The van der Waals surface area contributed by atoms with Gasteiger partial charge in [0.1, 0.15) is 11.4 Å². The van der Waals surface area contributed by atoms with Crippen molar-refractivity contribution >= 4 is 11.4 Å². The van der Waals surface area contributed by atoms with Crippen LogP contribution < -0.4 is 4.72 Å². The van der Waals surface area contributed by atoms with Crippen LogP contribution in [-0.2, 0) is 22.0 Å². The van der Waals surface area contributed by atoms with Crippen molar-refractivity contribution in [2.75, 3.05) is 13.7 Å². The first-order chi connectivity index (χ1) is 9.58. The highest BCUT2D eigenvalue weighted by atomic mass is 32.2. The molecule has 0 saturated heterocycles. The van der Waals surface area contributed by atoms with Gasteiger partial charge < -0.3 is 9.29 Å². The first-order valence-corrected chi connectivity index (χ1v) is 7.88. The Bertz CT molecular complexity index is 463. The van der Waals surface area contributed by atoms with Gasteiger partial charge in [0.2, 0.25) is 0 Å². The lowest BCUT2D eigenvalue weighted by Crippen LogP contribution is -2.40. The first-order valence-electron chi connectivity index (χ1n) is 6.73. The van der Waals surface area contributed by atoms with Crippen LogP contribution in [0, 0.1) is 0 Å². The van der Waals surface area contributed by atoms with Crippen LogP contribution >= 0.6 is 0 Å². The lowest BCUT2D eigenvalue weighted by Gasteiger charge is -2.27. The molecule has 1 rings (SSSR count). The Balaban J connectivity index is 2.90. The average molecular weight is 319 g/mol. The van der Waals surface area contributed by atoms with Gasteiger partial charge in [-0.15, -0.1) is 4.72 Å². The highest BCUT2D eigenvalue weighted by molar-refractivity contribution is 7.90. The lowest BCUT2D eigenvalue weighted by molar-refractivity contribution is -0.0698. The minimum absolute atomic E-state index is 0.1000. The molecule has 21 heavy (non-hydrogen) atoms. The van der Waals surface area contributed by atoms with E-state index in [1.165, 1.54) is 19.2 Å². The molecule has 0 aromatic heterocycles. The van der Waals surface area contributed by atoms with Crippen molar-refractivity contribution in [2.45, 2.75) is 44.4 Å². The molecule has 0 bridgehead atoms. The largest absolute Gasteiger partial charge is 0.598 e. The Hall–Kier alpha value is -0.690. The van der Waals surface area contributed by atoms with Gasteiger partial charge in [-0.1, -0.05) is 18.2 Å². The summed E-state index contributed by atoms with van der Waals surface area (Å²) in [4.78, 5) is 0. The number of halogens is 2. The number of nitrogens with one attached hydrogen (secondary N) is 1. The topological polar surface area (TPSA) is 44.3 Å². The fourth-order valence-corrected chi connectivity index (χ4v) is 2.52. The number of methoxy groups -OCH3 is 1.